The first-order valence-electron chi connectivity index (χ1n) is 10.3. The molecule has 0 bridgehead atoms. The first-order valence-corrected chi connectivity index (χ1v) is 10.3. The number of aromatic amines is 1. The average Bonchev–Trinajstić information content (AvgIpc) is 3.46. The zero-order chi connectivity index (χ0) is 21.8. The quantitative estimate of drug-likeness (QED) is 0.444. The number of carbonyl (C=O) groups excluding carboxylic acids is 1. The summed E-state index contributed by atoms with van der Waals surface area (Å²) in [5.41, 5.74) is 1.89. The first-order chi connectivity index (χ1) is 15.6. The van der Waals surface area contributed by atoms with Crippen molar-refractivity contribution in [1.82, 2.24) is 39.1 Å². The molecule has 11 heteroatoms. The zero-order valence-electron chi connectivity index (χ0n) is 17.2. The molecule has 5 aromatic rings. The largest absolute Gasteiger partial charge is 0.347 e. The van der Waals surface area contributed by atoms with Crippen molar-refractivity contribution in [3.8, 4) is 0 Å². The monoisotopic (exact) mass is 429 g/mol. The molecule has 4 aromatic heterocycles. The molecule has 160 valence electrons. The summed E-state index contributed by atoms with van der Waals surface area (Å²) in [6.07, 6.45) is 6.69. The minimum Gasteiger partial charge on any atom is -0.347 e. The van der Waals surface area contributed by atoms with Crippen molar-refractivity contribution in [3.05, 3.63) is 65.1 Å². The lowest BCUT2D eigenvalue weighted by atomic mass is 10.1. The molecule has 1 aliphatic heterocycles. The number of fused-ring (bicyclic) bond motifs is 4. The van der Waals surface area contributed by atoms with E-state index in [1.54, 1.807) is 40.3 Å². The van der Waals surface area contributed by atoms with Crippen LogP contribution >= 0.6 is 0 Å². The second kappa shape index (κ2) is 6.87. The van der Waals surface area contributed by atoms with Crippen molar-refractivity contribution < 1.29 is 4.79 Å². The van der Waals surface area contributed by atoms with Crippen LogP contribution in [0.1, 0.15) is 17.3 Å². The third kappa shape index (κ3) is 2.67. The van der Waals surface area contributed by atoms with Gasteiger partial charge in [-0.25, -0.2) is 9.50 Å². The number of nitrogens with zero attached hydrogens (tertiary/aromatic N) is 8. The molecule has 1 amide bonds. The van der Waals surface area contributed by atoms with Crippen LogP contribution in [0.3, 0.4) is 0 Å². The lowest BCUT2D eigenvalue weighted by molar-refractivity contribution is 0.0728. The summed E-state index contributed by atoms with van der Waals surface area (Å²) in [6.45, 7) is 3.66. The predicted molar refractivity (Wildman–Crippen MR) is 117 cm³/mol. The van der Waals surface area contributed by atoms with Crippen molar-refractivity contribution in [3.63, 3.8) is 0 Å². The highest BCUT2D eigenvalue weighted by atomic mass is 16.2. The van der Waals surface area contributed by atoms with Gasteiger partial charge in [0.25, 0.3) is 11.5 Å². The minimum absolute atomic E-state index is 0.0183. The number of hydrogen-bond acceptors (Lipinski definition) is 7. The minimum atomic E-state index is -0.242. The SMILES string of the molecule is CC1CN(C(=O)c2cnn3c2[nH]c(=O)c2ccccc23)CCN1c1nccn2cnnc12. The normalized spacial score (nSPS) is 17.0. The molecule has 1 aromatic carbocycles. The molecule has 0 aliphatic carbocycles. The smallest absolute Gasteiger partial charge is 0.259 e. The van der Waals surface area contributed by atoms with E-state index in [2.05, 4.69) is 30.2 Å². The highest BCUT2D eigenvalue weighted by Crippen LogP contribution is 2.23. The van der Waals surface area contributed by atoms with E-state index >= 15 is 0 Å². The van der Waals surface area contributed by atoms with Gasteiger partial charge in [-0.15, -0.1) is 10.2 Å². The summed E-state index contributed by atoms with van der Waals surface area (Å²) in [5.74, 6) is 0.586. The van der Waals surface area contributed by atoms with Crippen molar-refractivity contribution in [2.24, 2.45) is 0 Å². The van der Waals surface area contributed by atoms with Crippen molar-refractivity contribution >= 4 is 33.9 Å². The number of anilines is 1. The number of aromatic nitrogens is 7. The zero-order valence-corrected chi connectivity index (χ0v) is 17.2. The molecular weight excluding hydrogens is 410 g/mol. The Bertz CT molecular complexity index is 1550. The highest BCUT2D eigenvalue weighted by molar-refractivity contribution is 6.00. The summed E-state index contributed by atoms with van der Waals surface area (Å²) in [6, 6.07) is 7.22. The summed E-state index contributed by atoms with van der Waals surface area (Å²) in [7, 11) is 0. The van der Waals surface area contributed by atoms with Crippen molar-refractivity contribution in [2.75, 3.05) is 24.5 Å². The maximum absolute atomic E-state index is 13.4. The fourth-order valence-corrected chi connectivity index (χ4v) is 4.41. The van der Waals surface area contributed by atoms with Crippen LogP contribution in [0.15, 0.2) is 54.0 Å². The molecule has 1 saturated heterocycles. The molecule has 1 atom stereocenters. The molecular formula is C21H19N9O2. The number of piperazine rings is 1. The Morgan fingerprint density at radius 3 is 2.97 bits per heavy atom. The van der Waals surface area contributed by atoms with E-state index in [0.29, 0.717) is 47.4 Å². The Morgan fingerprint density at radius 2 is 2.09 bits per heavy atom. The van der Waals surface area contributed by atoms with E-state index in [1.807, 2.05) is 23.5 Å². The number of H-pyrrole nitrogens is 1. The maximum atomic E-state index is 13.4. The Labute approximate surface area is 180 Å². The topological polar surface area (TPSA) is 117 Å². The number of benzene rings is 1. The molecule has 1 fully saturated rings. The second-order valence-corrected chi connectivity index (χ2v) is 7.90. The van der Waals surface area contributed by atoms with Crippen molar-refractivity contribution in [2.45, 2.75) is 13.0 Å². The van der Waals surface area contributed by atoms with Gasteiger partial charge in [0, 0.05) is 38.1 Å². The molecule has 1 aliphatic rings. The number of para-hydroxylation sites is 1. The van der Waals surface area contributed by atoms with Crippen LogP contribution < -0.4 is 10.5 Å². The van der Waals surface area contributed by atoms with Crippen LogP contribution in [-0.4, -0.2) is 70.7 Å². The molecule has 11 nitrogen and oxygen atoms in total. The first kappa shape index (κ1) is 18.5. The van der Waals surface area contributed by atoms with Gasteiger partial charge >= 0.3 is 0 Å². The standard InChI is InChI=1S/C21H19N9O2/c1-13-11-27(8-9-29(13)18-19-26-23-12-28(19)7-6-22-18)21(32)15-10-24-30-16-5-3-2-4-14(16)20(31)25-17(15)30/h2-7,10,12-13H,8-9,11H2,1H3,(H,25,31). The molecule has 0 radical (unpaired) electrons. The van der Waals surface area contributed by atoms with E-state index < -0.39 is 0 Å². The second-order valence-electron chi connectivity index (χ2n) is 7.90. The molecule has 6 rings (SSSR count). The Kier molecular flexibility index (Phi) is 3.97. The van der Waals surface area contributed by atoms with Crippen LogP contribution in [0.2, 0.25) is 0 Å². The summed E-state index contributed by atoms with van der Waals surface area (Å²) < 4.78 is 3.44. The van der Waals surface area contributed by atoms with Gasteiger partial charge in [-0.1, -0.05) is 12.1 Å². The van der Waals surface area contributed by atoms with Gasteiger partial charge < -0.3 is 14.8 Å². The Hall–Kier alpha value is -4.28. The predicted octanol–water partition coefficient (Wildman–Crippen LogP) is 0.964. The van der Waals surface area contributed by atoms with Gasteiger partial charge in [-0.2, -0.15) is 5.10 Å². The van der Waals surface area contributed by atoms with Gasteiger partial charge in [-0.3, -0.25) is 14.0 Å². The van der Waals surface area contributed by atoms with E-state index in [-0.39, 0.29) is 17.5 Å². The lowest BCUT2D eigenvalue weighted by Crippen LogP contribution is -2.54. The van der Waals surface area contributed by atoms with Crippen LogP contribution in [0.4, 0.5) is 5.82 Å². The number of rotatable bonds is 2. The Morgan fingerprint density at radius 1 is 1.22 bits per heavy atom. The number of nitrogens with one attached hydrogen (secondary N) is 1. The van der Waals surface area contributed by atoms with Gasteiger partial charge in [0.05, 0.1) is 17.1 Å². The average molecular weight is 429 g/mol. The molecule has 1 unspecified atom stereocenters. The van der Waals surface area contributed by atoms with Crippen LogP contribution in [0, 0.1) is 0 Å². The third-order valence-electron chi connectivity index (χ3n) is 5.99. The fraction of sp³-hybridized carbons (Fsp3) is 0.238. The van der Waals surface area contributed by atoms with E-state index in [0.717, 1.165) is 5.82 Å². The molecule has 0 spiro atoms. The van der Waals surface area contributed by atoms with Gasteiger partial charge in [-0.05, 0) is 19.1 Å². The van der Waals surface area contributed by atoms with Crippen LogP contribution in [0.5, 0.6) is 0 Å². The molecule has 0 saturated carbocycles. The van der Waals surface area contributed by atoms with Crippen LogP contribution in [-0.2, 0) is 0 Å². The van der Waals surface area contributed by atoms with Gasteiger partial charge in [0.15, 0.2) is 5.82 Å². The Balaban J connectivity index is 1.31. The molecule has 1 N–H and O–H groups in total. The molecule has 32 heavy (non-hydrogen) atoms. The summed E-state index contributed by atoms with van der Waals surface area (Å²) in [4.78, 5) is 37.1. The maximum Gasteiger partial charge on any atom is 0.259 e. The fourth-order valence-electron chi connectivity index (χ4n) is 4.41. The van der Waals surface area contributed by atoms with Crippen LogP contribution in [0.25, 0.3) is 22.2 Å². The van der Waals surface area contributed by atoms with E-state index in [4.69, 9.17) is 0 Å². The van der Waals surface area contributed by atoms with Gasteiger partial charge in [0.2, 0.25) is 5.65 Å². The van der Waals surface area contributed by atoms with Crippen molar-refractivity contribution in [1.29, 1.82) is 0 Å². The van der Waals surface area contributed by atoms with E-state index in [9.17, 15) is 9.59 Å². The number of carbonyl (C=O) groups is 1. The number of amides is 1. The molecule has 5 heterocycles. The summed E-state index contributed by atoms with van der Waals surface area (Å²) >= 11 is 0. The summed E-state index contributed by atoms with van der Waals surface area (Å²) in [5, 5.41) is 13.0. The lowest BCUT2D eigenvalue weighted by Gasteiger charge is -2.40. The third-order valence-corrected chi connectivity index (χ3v) is 5.99. The number of hydrogen-bond donors (Lipinski definition) is 1. The van der Waals surface area contributed by atoms with Gasteiger partial charge in [0.1, 0.15) is 17.5 Å². The highest BCUT2D eigenvalue weighted by Gasteiger charge is 2.31. The van der Waals surface area contributed by atoms with E-state index in [1.165, 1.54) is 6.20 Å².